The maximum absolute atomic E-state index is 4.76. The number of aliphatic imine (C=N–C) groups is 1. The predicted molar refractivity (Wildman–Crippen MR) is 131 cm³/mol. The van der Waals surface area contributed by atoms with E-state index in [0.29, 0.717) is 6.04 Å². The fourth-order valence-electron chi connectivity index (χ4n) is 3.38. The maximum Gasteiger partial charge on any atom is 0.191 e. The summed E-state index contributed by atoms with van der Waals surface area (Å²) in [6.45, 7) is 10.1. The average Bonchev–Trinajstić information content (AvgIpc) is 3.08. The molecule has 3 rings (SSSR count). The van der Waals surface area contributed by atoms with Crippen molar-refractivity contribution in [3.05, 3.63) is 45.9 Å². The minimum absolute atomic E-state index is 0. The molecule has 0 radical (unpaired) electrons. The van der Waals surface area contributed by atoms with Gasteiger partial charge in [0.2, 0.25) is 0 Å². The van der Waals surface area contributed by atoms with Crippen LogP contribution in [0.4, 0.5) is 5.69 Å². The minimum atomic E-state index is 0. The Balaban J connectivity index is 0.00000280. The lowest BCUT2D eigenvalue weighted by molar-refractivity contribution is 0.468. The van der Waals surface area contributed by atoms with Gasteiger partial charge in [-0.3, -0.25) is 4.99 Å². The first kappa shape index (κ1) is 22.9. The van der Waals surface area contributed by atoms with Gasteiger partial charge >= 0.3 is 0 Å². The Kier molecular flexibility index (Phi) is 9.50. The summed E-state index contributed by atoms with van der Waals surface area (Å²) in [4.78, 5) is 12.9. The summed E-state index contributed by atoms with van der Waals surface area (Å²) in [5, 5.41) is 8.19. The van der Waals surface area contributed by atoms with Crippen LogP contribution in [0.1, 0.15) is 35.2 Å². The van der Waals surface area contributed by atoms with E-state index in [-0.39, 0.29) is 24.0 Å². The first-order valence-electron chi connectivity index (χ1n) is 9.92. The molecule has 1 aromatic heterocycles. The largest absolute Gasteiger partial charge is 0.369 e. The number of nitrogens with zero attached hydrogens (tertiary/aromatic N) is 3. The molecule has 2 N–H and O–H groups in total. The lowest BCUT2D eigenvalue weighted by atomic mass is 10.0. The molecule has 1 saturated heterocycles. The van der Waals surface area contributed by atoms with Crippen molar-refractivity contribution in [3.63, 3.8) is 0 Å². The smallest absolute Gasteiger partial charge is 0.191 e. The van der Waals surface area contributed by atoms with E-state index in [2.05, 4.69) is 65.6 Å². The highest BCUT2D eigenvalue weighted by molar-refractivity contribution is 14.0. The summed E-state index contributed by atoms with van der Waals surface area (Å²) >= 11 is 1.76. The van der Waals surface area contributed by atoms with Gasteiger partial charge in [-0.2, -0.15) is 0 Å². The van der Waals surface area contributed by atoms with Crippen molar-refractivity contribution < 1.29 is 0 Å². The van der Waals surface area contributed by atoms with Gasteiger partial charge in [-0.05, 0) is 45.7 Å². The standard InChI is InChI=1S/C21H31N5S.HI/c1-4-22-21(23-12-11-20-24-14-17(3)27-20)25-18-6-5-13-26(15-18)19-9-7-16(2)8-10-19;/h7-10,14,18H,4-6,11-13,15H2,1-3H3,(H2,22,23,25);1H. The normalized spacial score (nSPS) is 17.2. The molecule has 7 heteroatoms. The molecule has 1 fully saturated rings. The van der Waals surface area contributed by atoms with Gasteiger partial charge in [0.1, 0.15) is 0 Å². The number of aryl methyl sites for hydroxylation is 2. The van der Waals surface area contributed by atoms with E-state index >= 15 is 0 Å². The topological polar surface area (TPSA) is 52.6 Å². The summed E-state index contributed by atoms with van der Waals surface area (Å²) < 4.78 is 0. The second-order valence-electron chi connectivity index (χ2n) is 7.14. The summed E-state index contributed by atoms with van der Waals surface area (Å²) in [5.74, 6) is 0.918. The molecule has 1 aromatic carbocycles. The van der Waals surface area contributed by atoms with Crippen LogP contribution in [0.25, 0.3) is 0 Å². The molecule has 1 atom stereocenters. The SMILES string of the molecule is CCNC(=NCCc1ncc(C)s1)NC1CCCN(c2ccc(C)cc2)C1.I. The van der Waals surface area contributed by atoms with Crippen LogP contribution in [0.2, 0.25) is 0 Å². The molecule has 0 saturated carbocycles. The highest BCUT2D eigenvalue weighted by atomic mass is 127. The van der Waals surface area contributed by atoms with Gasteiger partial charge in [0.05, 0.1) is 5.01 Å². The van der Waals surface area contributed by atoms with Crippen molar-refractivity contribution in [2.24, 2.45) is 4.99 Å². The summed E-state index contributed by atoms with van der Waals surface area (Å²) in [6.07, 6.45) is 5.21. The van der Waals surface area contributed by atoms with Gasteiger partial charge in [0.15, 0.2) is 5.96 Å². The zero-order valence-electron chi connectivity index (χ0n) is 17.1. The lowest BCUT2D eigenvalue weighted by Gasteiger charge is -2.35. The Morgan fingerprint density at radius 3 is 2.75 bits per heavy atom. The van der Waals surface area contributed by atoms with Crippen molar-refractivity contribution in [2.75, 3.05) is 31.1 Å². The molecular formula is C21H32IN5S. The summed E-state index contributed by atoms with van der Waals surface area (Å²) in [7, 11) is 0. The molecule has 0 aliphatic carbocycles. The van der Waals surface area contributed by atoms with E-state index < -0.39 is 0 Å². The molecule has 28 heavy (non-hydrogen) atoms. The highest BCUT2D eigenvalue weighted by Crippen LogP contribution is 2.20. The van der Waals surface area contributed by atoms with Crippen molar-refractivity contribution in [2.45, 2.75) is 46.1 Å². The zero-order valence-corrected chi connectivity index (χ0v) is 20.2. The van der Waals surface area contributed by atoms with Crippen LogP contribution < -0.4 is 15.5 Å². The van der Waals surface area contributed by atoms with Gasteiger partial charge in [0.25, 0.3) is 0 Å². The van der Waals surface area contributed by atoms with Crippen LogP contribution in [-0.4, -0.2) is 43.2 Å². The molecule has 154 valence electrons. The molecule has 5 nitrogen and oxygen atoms in total. The number of guanidine groups is 1. The van der Waals surface area contributed by atoms with Gasteiger partial charge in [-0.25, -0.2) is 4.98 Å². The lowest BCUT2D eigenvalue weighted by Crippen LogP contribution is -2.51. The second-order valence-corrected chi connectivity index (χ2v) is 8.46. The first-order valence-corrected chi connectivity index (χ1v) is 10.7. The number of thiazole rings is 1. The Morgan fingerprint density at radius 1 is 1.29 bits per heavy atom. The van der Waals surface area contributed by atoms with Crippen LogP contribution >= 0.6 is 35.3 Å². The van der Waals surface area contributed by atoms with E-state index in [4.69, 9.17) is 4.99 Å². The number of piperidine rings is 1. The molecule has 0 bridgehead atoms. The molecule has 0 amide bonds. The third-order valence-electron chi connectivity index (χ3n) is 4.77. The summed E-state index contributed by atoms with van der Waals surface area (Å²) in [6, 6.07) is 9.26. The van der Waals surface area contributed by atoms with Crippen LogP contribution in [0, 0.1) is 13.8 Å². The number of aromatic nitrogens is 1. The van der Waals surface area contributed by atoms with E-state index in [9.17, 15) is 0 Å². The zero-order chi connectivity index (χ0) is 19.1. The molecular weight excluding hydrogens is 481 g/mol. The monoisotopic (exact) mass is 513 g/mol. The van der Waals surface area contributed by atoms with E-state index in [0.717, 1.165) is 43.6 Å². The minimum Gasteiger partial charge on any atom is -0.369 e. The first-order chi connectivity index (χ1) is 13.1. The molecule has 1 aliphatic heterocycles. The number of halogens is 1. The second kappa shape index (κ2) is 11.6. The number of anilines is 1. The molecule has 0 spiro atoms. The van der Waals surface area contributed by atoms with E-state index in [1.54, 1.807) is 11.3 Å². The third kappa shape index (κ3) is 6.92. The summed E-state index contributed by atoms with van der Waals surface area (Å²) in [5.41, 5.74) is 2.62. The van der Waals surface area contributed by atoms with Crippen molar-refractivity contribution in [3.8, 4) is 0 Å². The Labute approximate surface area is 190 Å². The fraction of sp³-hybridized carbons (Fsp3) is 0.524. The Hall–Kier alpha value is -1.35. The number of hydrogen-bond donors (Lipinski definition) is 2. The van der Waals surface area contributed by atoms with Gasteiger partial charge in [-0.1, -0.05) is 17.7 Å². The molecule has 2 aromatic rings. The molecule has 1 aliphatic rings. The number of hydrogen-bond acceptors (Lipinski definition) is 4. The highest BCUT2D eigenvalue weighted by Gasteiger charge is 2.21. The number of benzene rings is 1. The van der Waals surface area contributed by atoms with Crippen molar-refractivity contribution >= 4 is 47.0 Å². The van der Waals surface area contributed by atoms with Crippen LogP contribution in [0.3, 0.4) is 0 Å². The van der Waals surface area contributed by atoms with Crippen LogP contribution in [0.15, 0.2) is 35.5 Å². The van der Waals surface area contributed by atoms with Crippen molar-refractivity contribution in [1.82, 2.24) is 15.6 Å². The Morgan fingerprint density at radius 2 is 2.07 bits per heavy atom. The molecule has 1 unspecified atom stereocenters. The Bertz CT molecular complexity index is 744. The number of nitrogens with one attached hydrogen (secondary N) is 2. The quantitative estimate of drug-likeness (QED) is 0.347. The average molecular weight is 513 g/mol. The van der Waals surface area contributed by atoms with Crippen LogP contribution in [0.5, 0.6) is 0 Å². The van der Waals surface area contributed by atoms with Crippen molar-refractivity contribution in [1.29, 1.82) is 0 Å². The van der Waals surface area contributed by atoms with E-state index in [1.807, 2.05) is 6.20 Å². The van der Waals surface area contributed by atoms with Gasteiger partial charge in [-0.15, -0.1) is 35.3 Å². The van der Waals surface area contributed by atoms with Crippen LogP contribution in [-0.2, 0) is 6.42 Å². The third-order valence-corrected chi connectivity index (χ3v) is 5.74. The van der Waals surface area contributed by atoms with E-state index in [1.165, 1.54) is 29.0 Å². The predicted octanol–water partition coefficient (Wildman–Crippen LogP) is 4.14. The van der Waals surface area contributed by atoms with Gasteiger partial charge < -0.3 is 15.5 Å². The number of rotatable bonds is 6. The molecule has 2 heterocycles. The van der Waals surface area contributed by atoms with Gasteiger partial charge in [0, 0.05) is 55.4 Å². The maximum atomic E-state index is 4.76. The fourth-order valence-corrected chi connectivity index (χ4v) is 4.15.